The summed E-state index contributed by atoms with van der Waals surface area (Å²) in [4.78, 5) is 8.16. The van der Waals surface area contributed by atoms with Gasteiger partial charge in [-0.05, 0) is 60.4 Å². The molecule has 0 aliphatic heterocycles. The molecule has 0 spiro atoms. The molecule has 2 aromatic carbocycles. The van der Waals surface area contributed by atoms with Gasteiger partial charge in [-0.15, -0.1) is 0 Å². The second-order valence-corrected chi connectivity index (χ2v) is 9.06. The van der Waals surface area contributed by atoms with E-state index in [2.05, 4.69) is 46.6 Å². The van der Waals surface area contributed by atoms with Gasteiger partial charge in [0.1, 0.15) is 11.4 Å². The molecular formula is C27H31F3N4. The van der Waals surface area contributed by atoms with Crippen molar-refractivity contribution in [2.45, 2.75) is 70.4 Å². The first-order valence-electron chi connectivity index (χ1n) is 12.0. The number of hydrogen-bond donors (Lipinski definition) is 2. The zero-order valence-corrected chi connectivity index (χ0v) is 19.6. The molecule has 4 rings (SSSR count). The summed E-state index contributed by atoms with van der Waals surface area (Å²) in [7, 11) is 0. The lowest BCUT2D eigenvalue weighted by atomic mass is 9.84. The van der Waals surface area contributed by atoms with Crippen LogP contribution >= 0.6 is 0 Å². The van der Waals surface area contributed by atoms with Crippen molar-refractivity contribution in [1.82, 2.24) is 9.97 Å². The van der Waals surface area contributed by atoms with Crippen LogP contribution in [-0.2, 0) is 6.18 Å². The number of anilines is 4. The lowest BCUT2D eigenvalue weighted by Crippen LogP contribution is -2.13. The van der Waals surface area contributed by atoms with Crippen molar-refractivity contribution in [2.75, 3.05) is 10.6 Å². The van der Waals surface area contributed by atoms with Crippen molar-refractivity contribution in [2.24, 2.45) is 0 Å². The molecule has 3 aromatic rings. The average Bonchev–Trinajstić information content (AvgIpc) is 2.84. The van der Waals surface area contributed by atoms with Gasteiger partial charge in [0.2, 0.25) is 5.95 Å². The third-order valence-corrected chi connectivity index (χ3v) is 6.69. The number of benzene rings is 2. The Morgan fingerprint density at radius 3 is 2.35 bits per heavy atom. The smallest absolute Gasteiger partial charge is 0.339 e. The van der Waals surface area contributed by atoms with Gasteiger partial charge in [0, 0.05) is 17.6 Å². The molecule has 1 aliphatic rings. The van der Waals surface area contributed by atoms with E-state index in [-0.39, 0.29) is 17.7 Å². The number of halogens is 3. The first kappa shape index (κ1) is 24.0. The van der Waals surface area contributed by atoms with E-state index in [4.69, 9.17) is 0 Å². The summed E-state index contributed by atoms with van der Waals surface area (Å²) in [6, 6.07) is 15.5. The molecule has 0 saturated heterocycles. The molecule has 1 aromatic heterocycles. The van der Waals surface area contributed by atoms with Crippen molar-refractivity contribution in [3.05, 3.63) is 71.4 Å². The fraction of sp³-hybridized carbons (Fsp3) is 0.407. The van der Waals surface area contributed by atoms with Crippen LogP contribution in [0, 0.1) is 0 Å². The minimum atomic E-state index is -4.58. The number of nitrogens with zero attached hydrogens (tertiary/aromatic N) is 2. The van der Waals surface area contributed by atoms with E-state index < -0.39 is 11.7 Å². The molecule has 0 radical (unpaired) electrons. The Labute approximate surface area is 199 Å². The molecule has 180 valence electrons. The molecule has 1 aliphatic carbocycles. The van der Waals surface area contributed by atoms with E-state index in [1.807, 2.05) is 24.3 Å². The van der Waals surface area contributed by atoms with Crippen LogP contribution in [0.25, 0.3) is 0 Å². The molecule has 1 atom stereocenters. The number of hydrogen-bond acceptors (Lipinski definition) is 4. The molecule has 1 unspecified atom stereocenters. The lowest BCUT2D eigenvalue weighted by molar-refractivity contribution is -0.137. The Balaban J connectivity index is 1.59. The van der Waals surface area contributed by atoms with Crippen LogP contribution in [0.3, 0.4) is 0 Å². The maximum atomic E-state index is 13.7. The van der Waals surface area contributed by atoms with Crippen molar-refractivity contribution in [1.29, 1.82) is 0 Å². The van der Waals surface area contributed by atoms with E-state index in [1.165, 1.54) is 37.7 Å². The summed E-state index contributed by atoms with van der Waals surface area (Å²) in [5.41, 5.74) is 2.71. The molecule has 1 fully saturated rings. The van der Waals surface area contributed by atoms with E-state index in [0.29, 0.717) is 11.6 Å². The Morgan fingerprint density at radius 2 is 1.68 bits per heavy atom. The van der Waals surface area contributed by atoms with Crippen LogP contribution in [0.2, 0.25) is 0 Å². The normalized spacial score (nSPS) is 15.7. The minimum Gasteiger partial charge on any atom is -0.339 e. The van der Waals surface area contributed by atoms with Crippen LogP contribution in [0.1, 0.15) is 80.9 Å². The van der Waals surface area contributed by atoms with Crippen molar-refractivity contribution in [3.8, 4) is 0 Å². The zero-order chi connectivity index (χ0) is 24.1. The van der Waals surface area contributed by atoms with E-state index >= 15 is 0 Å². The second-order valence-electron chi connectivity index (χ2n) is 9.06. The maximum absolute atomic E-state index is 13.7. The van der Waals surface area contributed by atoms with E-state index in [0.717, 1.165) is 23.9 Å². The largest absolute Gasteiger partial charge is 0.421 e. The molecular weight excluding hydrogens is 437 g/mol. The Kier molecular flexibility index (Phi) is 7.39. The fourth-order valence-electron chi connectivity index (χ4n) is 4.54. The van der Waals surface area contributed by atoms with Crippen LogP contribution < -0.4 is 10.6 Å². The SMILES string of the molecule is CCC(C)c1ccccc1Nc1nc(Nc2ccc(C3CCCCC3)cc2)ncc1C(F)(F)F. The Bertz CT molecular complexity index is 1090. The summed E-state index contributed by atoms with van der Waals surface area (Å²) in [5.74, 6) is 0.633. The number of alkyl halides is 3. The quantitative estimate of drug-likeness (QED) is 0.365. The van der Waals surface area contributed by atoms with Gasteiger partial charge >= 0.3 is 6.18 Å². The monoisotopic (exact) mass is 468 g/mol. The first-order valence-corrected chi connectivity index (χ1v) is 12.0. The molecule has 1 heterocycles. The van der Waals surface area contributed by atoms with Gasteiger partial charge in [0.15, 0.2) is 0 Å². The topological polar surface area (TPSA) is 49.8 Å². The predicted octanol–water partition coefficient (Wildman–Crippen LogP) is 8.54. The van der Waals surface area contributed by atoms with Gasteiger partial charge in [-0.2, -0.15) is 18.2 Å². The molecule has 0 bridgehead atoms. The Hall–Kier alpha value is -3.09. The molecule has 34 heavy (non-hydrogen) atoms. The van der Waals surface area contributed by atoms with Crippen molar-refractivity contribution < 1.29 is 13.2 Å². The van der Waals surface area contributed by atoms with Crippen LogP contribution in [-0.4, -0.2) is 9.97 Å². The van der Waals surface area contributed by atoms with Gasteiger partial charge in [-0.3, -0.25) is 0 Å². The number of para-hydroxylation sites is 1. The predicted molar refractivity (Wildman–Crippen MR) is 131 cm³/mol. The third kappa shape index (κ3) is 5.69. The minimum absolute atomic E-state index is 0.113. The lowest BCUT2D eigenvalue weighted by Gasteiger charge is -2.22. The van der Waals surface area contributed by atoms with Gasteiger partial charge in [-0.25, -0.2) is 4.98 Å². The highest BCUT2D eigenvalue weighted by atomic mass is 19.4. The average molecular weight is 469 g/mol. The second kappa shape index (κ2) is 10.5. The summed E-state index contributed by atoms with van der Waals surface area (Å²) in [6.45, 7) is 4.10. The molecule has 2 N–H and O–H groups in total. The third-order valence-electron chi connectivity index (χ3n) is 6.69. The molecule has 4 nitrogen and oxygen atoms in total. The standard InChI is InChI=1S/C27H31F3N4/c1-3-18(2)22-11-7-8-12-24(22)33-25-23(27(28,29)30)17-31-26(34-25)32-21-15-13-20(14-16-21)19-9-5-4-6-10-19/h7-8,11-19H,3-6,9-10H2,1-2H3,(H2,31,32,33,34). The summed E-state index contributed by atoms with van der Waals surface area (Å²) in [6.07, 6.45) is 3.38. The molecule has 1 saturated carbocycles. The number of rotatable bonds is 7. The van der Waals surface area contributed by atoms with Crippen molar-refractivity contribution in [3.63, 3.8) is 0 Å². The maximum Gasteiger partial charge on any atom is 0.421 e. The van der Waals surface area contributed by atoms with Crippen LogP contribution in [0.5, 0.6) is 0 Å². The van der Waals surface area contributed by atoms with Gasteiger partial charge in [-0.1, -0.05) is 63.4 Å². The molecule has 0 amide bonds. The number of aromatic nitrogens is 2. The summed E-state index contributed by atoms with van der Waals surface area (Å²) in [5, 5.41) is 5.99. The van der Waals surface area contributed by atoms with Gasteiger partial charge in [0.05, 0.1) is 0 Å². The Morgan fingerprint density at radius 1 is 0.971 bits per heavy atom. The van der Waals surface area contributed by atoms with Gasteiger partial charge < -0.3 is 10.6 Å². The van der Waals surface area contributed by atoms with E-state index in [9.17, 15) is 13.2 Å². The van der Waals surface area contributed by atoms with Crippen molar-refractivity contribution >= 4 is 23.1 Å². The zero-order valence-electron chi connectivity index (χ0n) is 19.6. The number of nitrogens with one attached hydrogen (secondary N) is 2. The van der Waals surface area contributed by atoms with Crippen LogP contribution in [0.15, 0.2) is 54.7 Å². The fourth-order valence-corrected chi connectivity index (χ4v) is 4.54. The first-order chi connectivity index (χ1) is 16.3. The highest BCUT2D eigenvalue weighted by Crippen LogP contribution is 2.37. The highest BCUT2D eigenvalue weighted by molar-refractivity contribution is 5.66. The van der Waals surface area contributed by atoms with Gasteiger partial charge in [0.25, 0.3) is 0 Å². The highest BCUT2D eigenvalue weighted by Gasteiger charge is 2.35. The summed E-state index contributed by atoms with van der Waals surface area (Å²) >= 11 is 0. The summed E-state index contributed by atoms with van der Waals surface area (Å²) < 4.78 is 41.1. The van der Waals surface area contributed by atoms with Crippen LogP contribution in [0.4, 0.5) is 36.3 Å². The van der Waals surface area contributed by atoms with E-state index in [1.54, 1.807) is 12.1 Å². The molecule has 7 heteroatoms.